The van der Waals surface area contributed by atoms with Gasteiger partial charge in [-0.05, 0) is 27.7 Å². The summed E-state index contributed by atoms with van der Waals surface area (Å²) < 4.78 is 5.40. The van der Waals surface area contributed by atoms with Crippen molar-refractivity contribution in [1.29, 1.82) is 0 Å². The third-order valence-corrected chi connectivity index (χ3v) is 3.75. The monoisotopic (exact) mass is 426 g/mol. The van der Waals surface area contributed by atoms with Crippen molar-refractivity contribution >= 4 is 41.3 Å². The topological polar surface area (TPSA) is 49.8 Å². The van der Waals surface area contributed by atoms with Gasteiger partial charge in [0, 0.05) is 26.1 Å². The van der Waals surface area contributed by atoms with Gasteiger partial charge in [0.1, 0.15) is 0 Å². The van der Waals surface area contributed by atoms with Crippen molar-refractivity contribution in [2.45, 2.75) is 39.8 Å². The highest BCUT2D eigenvalue weighted by Crippen LogP contribution is 2.11. The molecule has 0 aliphatic rings. The van der Waals surface area contributed by atoms with E-state index in [4.69, 9.17) is 4.74 Å². The number of ether oxygens (including phenoxy) is 1. The number of hydrogen-bond acceptors (Lipinski definition) is 4. The molecule has 1 N–H and O–H groups in total. The average Bonchev–Trinajstić information content (AvgIpc) is 2.79. The van der Waals surface area contributed by atoms with Gasteiger partial charge in [0.05, 0.1) is 29.4 Å². The van der Waals surface area contributed by atoms with Crippen molar-refractivity contribution < 1.29 is 4.74 Å². The molecule has 0 radical (unpaired) electrons. The van der Waals surface area contributed by atoms with E-state index in [-0.39, 0.29) is 29.6 Å². The van der Waals surface area contributed by atoms with Gasteiger partial charge in [0.25, 0.3) is 0 Å². The van der Waals surface area contributed by atoms with Crippen LogP contribution in [0.5, 0.6) is 0 Å². The maximum absolute atomic E-state index is 5.40. The number of hydrogen-bond donors (Lipinski definition) is 1. The summed E-state index contributed by atoms with van der Waals surface area (Å²) in [5, 5.41) is 6.49. The molecule has 7 heteroatoms. The Bertz CT molecular complexity index is 448. The number of methoxy groups -OCH3 is 1. The van der Waals surface area contributed by atoms with Crippen LogP contribution in [0.1, 0.15) is 31.5 Å². The molecule has 0 aromatic carbocycles. The minimum Gasteiger partial charge on any atom is -0.377 e. The first-order valence-electron chi connectivity index (χ1n) is 6.83. The Morgan fingerprint density at radius 3 is 2.67 bits per heavy atom. The minimum atomic E-state index is -0.251. The molecule has 5 nitrogen and oxygen atoms in total. The Kier molecular flexibility index (Phi) is 9.39. The number of nitrogens with one attached hydrogen (secondary N) is 1. The van der Waals surface area contributed by atoms with Crippen LogP contribution < -0.4 is 5.32 Å². The van der Waals surface area contributed by atoms with Crippen LogP contribution in [-0.2, 0) is 11.3 Å². The molecule has 122 valence electrons. The maximum Gasteiger partial charge on any atom is 0.194 e. The lowest BCUT2D eigenvalue weighted by atomic mass is 10.1. The van der Waals surface area contributed by atoms with Crippen molar-refractivity contribution in [2.24, 2.45) is 4.99 Å². The Labute approximate surface area is 149 Å². The van der Waals surface area contributed by atoms with Gasteiger partial charge in [-0.25, -0.2) is 4.98 Å². The molecule has 0 aliphatic carbocycles. The summed E-state index contributed by atoms with van der Waals surface area (Å²) in [6.07, 6.45) is 0. The molecule has 1 heterocycles. The molecule has 0 aliphatic heterocycles. The summed E-state index contributed by atoms with van der Waals surface area (Å²) in [5.41, 5.74) is 0.824. The summed E-state index contributed by atoms with van der Waals surface area (Å²) in [7, 11) is 3.74. The van der Waals surface area contributed by atoms with Crippen molar-refractivity contribution in [3.63, 3.8) is 0 Å². The Hall–Kier alpha value is -0.410. The van der Waals surface area contributed by atoms with Gasteiger partial charge >= 0.3 is 0 Å². The number of rotatable bonds is 6. The number of aromatic nitrogens is 1. The minimum absolute atomic E-state index is 0. The maximum atomic E-state index is 5.40. The van der Waals surface area contributed by atoms with Crippen molar-refractivity contribution in [3.05, 3.63) is 16.1 Å². The van der Waals surface area contributed by atoms with E-state index in [2.05, 4.69) is 32.5 Å². The van der Waals surface area contributed by atoms with Crippen LogP contribution >= 0.6 is 35.3 Å². The first-order chi connectivity index (χ1) is 9.38. The SMILES string of the molecule is CCNC(=NCC(C)(C)OC)N(C)Cc1csc(C)n1.I. The molecule has 0 bridgehead atoms. The van der Waals surface area contributed by atoms with Crippen molar-refractivity contribution in [1.82, 2.24) is 15.2 Å². The van der Waals surface area contributed by atoms with Crippen LogP contribution in [-0.4, -0.2) is 48.7 Å². The Morgan fingerprint density at radius 2 is 2.19 bits per heavy atom. The third-order valence-electron chi connectivity index (χ3n) is 2.92. The number of aliphatic imine (C=N–C) groups is 1. The van der Waals surface area contributed by atoms with Gasteiger partial charge in [-0.15, -0.1) is 35.3 Å². The lowest BCUT2D eigenvalue weighted by molar-refractivity contribution is 0.0309. The highest BCUT2D eigenvalue weighted by atomic mass is 127. The van der Waals surface area contributed by atoms with E-state index in [0.29, 0.717) is 6.54 Å². The summed E-state index contributed by atoms with van der Waals surface area (Å²) in [6, 6.07) is 0. The molecule has 0 spiro atoms. The fourth-order valence-electron chi connectivity index (χ4n) is 1.60. The number of nitrogens with zero attached hydrogens (tertiary/aromatic N) is 3. The first-order valence-corrected chi connectivity index (χ1v) is 7.71. The molecular weight excluding hydrogens is 399 g/mol. The summed E-state index contributed by atoms with van der Waals surface area (Å²) >= 11 is 1.67. The lowest BCUT2D eigenvalue weighted by Crippen LogP contribution is -2.40. The average molecular weight is 426 g/mol. The van der Waals surface area contributed by atoms with E-state index >= 15 is 0 Å². The lowest BCUT2D eigenvalue weighted by Gasteiger charge is -2.24. The van der Waals surface area contributed by atoms with Gasteiger partial charge in [-0.3, -0.25) is 4.99 Å². The number of guanidine groups is 1. The van der Waals surface area contributed by atoms with E-state index in [1.54, 1.807) is 18.4 Å². The molecular formula is C14H27IN4OS. The molecule has 0 fully saturated rings. The normalized spacial score (nSPS) is 12.0. The summed E-state index contributed by atoms with van der Waals surface area (Å²) in [6.45, 7) is 10.4. The number of halogens is 1. The van der Waals surface area contributed by atoms with Gasteiger partial charge in [-0.1, -0.05) is 0 Å². The van der Waals surface area contributed by atoms with Gasteiger partial charge in [0.15, 0.2) is 5.96 Å². The van der Waals surface area contributed by atoms with E-state index in [1.165, 1.54) is 0 Å². The van der Waals surface area contributed by atoms with E-state index < -0.39 is 0 Å². The van der Waals surface area contributed by atoms with Crippen molar-refractivity contribution in [2.75, 3.05) is 27.2 Å². The third kappa shape index (κ3) is 7.42. The van der Waals surface area contributed by atoms with E-state index in [1.807, 2.05) is 27.8 Å². The predicted octanol–water partition coefficient (Wildman–Crippen LogP) is 2.89. The smallest absolute Gasteiger partial charge is 0.194 e. The number of aryl methyl sites for hydroxylation is 1. The van der Waals surface area contributed by atoms with Crippen LogP contribution in [0.15, 0.2) is 10.4 Å². The fraction of sp³-hybridized carbons (Fsp3) is 0.714. The molecule has 0 saturated heterocycles. The summed E-state index contributed by atoms with van der Waals surface area (Å²) in [4.78, 5) is 11.2. The zero-order valence-corrected chi connectivity index (χ0v) is 16.9. The Morgan fingerprint density at radius 1 is 1.52 bits per heavy atom. The molecule has 0 amide bonds. The Balaban J connectivity index is 0.00000400. The second kappa shape index (κ2) is 9.58. The first kappa shape index (κ1) is 20.6. The molecule has 21 heavy (non-hydrogen) atoms. The van der Waals surface area contributed by atoms with Crippen LogP contribution in [0.4, 0.5) is 0 Å². The van der Waals surface area contributed by atoms with Gasteiger partial charge in [-0.2, -0.15) is 0 Å². The van der Waals surface area contributed by atoms with Crippen LogP contribution in [0.3, 0.4) is 0 Å². The second-order valence-electron chi connectivity index (χ2n) is 5.35. The molecule has 1 aromatic heterocycles. The largest absolute Gasteiger partial charge is 0.377 e. The summed E-state index contributed by atoms with van der Waals surface area (Å²) in [5.74, 6) is 0.878. The molecule has 0 saturated carbocycles. The van der Waals surface area contributed by atoms with Crippen LogP contribution in [0, 0.1) is 6.92 Å². The second-order valence-corrected chi connectivity index (χ2v) is 6.41. The molecule has 1 aromatic rings. The standard InChI is InChI=1S/C14H26N4OS.HI/c1-7-15-13(16-10-14(3,4)19-6)18(5)8-12-9-20-11(2)17-12;/h9H,7-8,10H2,1-6H3,(H,15,16);1H. The molecule has 0 atom stereocenters. The molecule has 1 rings (SSSR count). The fourth-order valence-corrected chi connectivity index (χ4v) is 2.20. The van der Waals surface area contributed by atoms with Crippen molar-refractivity contribution in [3.8, 4) is 0 Å². The van der Waals surface area contributed by atoms with Crippen LogP contribution in [0.2, 0.25) is 0 Å². The quantitative estimate of drug-likeness (QED) is 0.432. The zero-order valence-electron chi connectivity index (χ0n) is 13.8. The van der Waals surface area contributed by atoms with Gasteiger partial charge < -0.3 is 15.0 Å². The number of thiazole rings is 1. The highest BCUT2D eigenvalue weighted by Gasteiger charge is 2.17. The zero-order chi connectivity index (χ0) is 15.2. The van der Waals surface area contributed by atoms with Gasteiger partial charge in [0.2, 0.25) is 0 Å². The van der Waals surface area contributed by atoms with E-state index in [0.717, 1.165) is 29.8 Å². The molecule has 0 unspecified atom stereocenters. The predicted molar refractivity (Wildman–Crippen MR) is 101 cm³/mol. The van der Waals surface area contributed by atoms with E-state index in [9.17, 15) is 0 Å². The highest BCUT2D eigenvalue weighted by molar-refractivity contribution is 14.0. The van der Waals surface area contributed by atoms with Crippen LogP contribution in [0.25, 0.3) is 0 Å².